The maximum Gasteiger partial charge on any atom is 0.310 e. The second-order valence-electron chi connectivity index (χ2n) is 4.09. The number of carbonyl (C=O) groups is 2. The van der Waals surface area contributed by atoms with Gasteiger partial charge in [-0.15, -0.1) is 11.3 Å². The first-order valence-electron chi connectivity index (χ1n) is 5.45. The van der Waals surface area contributed by atoms with Gasteiger partial charge in [-0.1, -0.05) is 12.2 Å². The molecule has 0 radical (unpaired) electrons. The number of rotatable bonds is 4. The van der Waals surface area contributed by atoms with Gasteiger partial charge < -0.3 is 16.2 Å². The molecule has 0 bridgehead atoms. The molecule has 0 aliphatic heterocycles. The van der Waals surface area contributed by atoms with Gasteiger partial charge in [0.1, 0.15) is 0 Å². The number of carbonyl (C=O) groups excluding carboxylic acids is 1. The molecule has 0 saturated carbocycles. The van der Waals surface area contributed by atoms with Gasteiger partial charge in [0, 0.05) is 11.4 Å². The predicted molar refractivity (Wildman–Crippen MR) is 67.0 cm³/mol. The number of nitrogens with two attached hydrogens (primary N) is 1. The molecule has 18 heavy (non-hydrogen) atoms. The van der Waals surface area contributed by atoms with Crippen LogP contribution < -0.4 is 11.1 Å². The first-order valence-corrected chi connectivity index (χ1v) is 6.33. The van der Waals surface area contributed by atoms with Crippen molar-refractivity contribution < 1.29 is 14.7 Å². The number of nitrogen functional groups attached to an aromatic ring is 1. The average molecular weight is 267 g/mol. The molecule has 1 aromatic rings. The standard InChI is InChI=1S/C11H13N3O3S/c12-11-14-8(5-18-11)4-9(15)13-7-2-1-6(3-7)10(16)17/h1-2,5-7H,3-4H2,(H2,12,14)(H,13,15)(H,16,17). The second-order valence-corrected chi connectivity index (χ2v) is 4.98. The second kappa shape index (κ2) is 5.18. The topological polar surface area (TPSA) is 105 Å². The number of nitrogens with zero attached hydrogens (tertiary/aromatic N) is 1. The zero-order valence-electron chi connectivity index (χ0n) is 9.50. The highest BCUT2D eigenvalue weighted by molar-refractivity contribution is 7.13. The van der Waals surface area contributed by atoms with E-state index in [1.54, 1.807) is 17.5 Å². The summed E-state index contributed by atoms with van der Waals surface area (Å²) < 4.78 is 0. The van der Waals surface area contributed by atoms with Crippen molar-refractivity contribution in [2.24, 2.45) is 5.92 Å². The van der Waals surface area contributed by atoms with E-state index in [0.717, 1.165) is 0 Å². The number of nitrogens with one attached hydrogen (secondary N) is 1. The van der Waals surface area contributed by atoms with Crippen molar-refractivity contribution in [2.75, 3.05) is 5.73 Å². The van der Waals surface area contributed by atoms with Crippen molar-refractivity contribution in [3.63, 3.8) is 0 Å². The predicted octanol–water partition coefficient (Wildman–Crippen LogP) is 0.413. The van der Waals surface area contributed by atoms with Crippen molar-refractivity contribution in [2.45, 2.75) is 18.9 Å². The fourth-order valence-electron chi connectivity index (χ4n) is 1.82. The molecule has 1 amide bonds. The van der Waals surface area contributed by atoms with E-state index in [9.17, 15) is 9.59 Å². The zero-order chi connectivity index (χ0) is 13.1. The van der Waals surface area contributed by atoms with Gasteiger partial charge in [-0.2, -0.15) is 0 Å². The van der Waals surface area contributed by atoms with E-state index in [2.05, 4.69) is 10.3 Å². The Morgan fingerprint density at radius 2 is 2.33 bits per heavy atom. The molecule has 2 rings (SSSR count). The van der Waals surface area contributed by atoms with E-state index < -0.39 is 11.9 Å². The molecule has 96 valence electrons. The molecule has 1 heterocycles. The van der Waals surface area contributed by atoms with E-state index in [-0.39, 0.29) is 18.4 Å². The molecule has 0 saturated heterocycles. The molecule has 2 atom stereocenters. The molecule has 1 aliphatic rings. The summed E-state index contributed by atoms with van der Waals surface area (Å²) in [5.74, 6) is -1.55. The molecule has 4 N–H and O–H groups in total. The number of aliphatic carboxylic acids is 1. The van der Waals surface area contributed by atoms with Crippen molar-refractivity contribution in [3.8, 4) is 0 Å². The number of hydrogen-bond donors (Lipinski definition) is 3. The molecule has 6 nitrogen and oxygen atoms in total. The lowest BCUT2D eigenvalue weighted by atomic mass is 10.1. The summed E-state index contributed by atoms with van der Waals surface area (Å²) in [6.07, 6.45) is 3.89. The number of thiazole rings is 1. The zero-order valence-corrected chi connectivity index (χ0v) is 10.3. The van der Waals surface area contributed by atoms with E-state index in [1.807, 2.05) is 0 Å². The first kappa shape index (κ1) is 12.6. The van der Waals surface area contributed by atoms with Crippen LogP contribution in [0.2, 0.25) is 0 Å². The number of amides is 1. The molecule has 0 spiro atoms. The molecule has 0 aromatic carbocycles. The highest BCUT2D eigenvalue weighted by Gasteiger charge is 2.25. The lowest BCUT2D eigenvalue weighted by molar-refractivity contribution is -0.140. The van der Waals surface area contributed by atoms with Gasteiger partial charge >= 0.3 is 5.97 Å². The average Bonchev–Trinajstić information content (AvgIpc) is 2.88. The summed E-state index contributed by atoms with van der Waals surface area (Å²) in [6.45, 7) is 0. The lowest BCUT2D eigenvalue weighted by Crippen LogP contribution is -2.34. The molecular weight excluding hydrogens is 254 g/mol. The Morgan fingerprint density at radius 3 is 2.89 bits per heavy atom. The van der Waals surface area contributed by atoms with Crippen LogP contribution in [0, 0.1) is 5.92 Å². The summed E-state index contributed by atoms with van der Waals surface area (Å²) >= 11 is 1.29. The Morgan fingerprint density at radius 1 is 1.56 bits per heavy atom. The number of hydrogen-bond acceptors (Lipinski definition) is 5. The SMILES string of the molecule is Nc1nc(CC(=O)NC2C=CC(C(=O)O)C2)cs1. The van der Waals surface area contributed by atoms with Crippen LogP contribution in [0.25, 0.3) is 0 Å². The Labute approximate surface area is 108 Å². The van der Waals surface area contributed by atoms with Gasteiger partial charge in [0.2, 0.25) is 5.91 Å². The van der Waals surface area contributed by atoms with Crippen LogP contribution in [0.15, 0.2) is 17.5 Å². The molecule has 2 unspecified atom stereocenters. The number of aromatic nitrogens is 1. The van der Waals surface area contributed by atoms with E-state index in [4.69, 9.17) is 10.8 Å². The van der Waals surface area contributed by atoms with Gasteiger partial charge in [-0.25, -0.2) is 4.98 Å². The van der Waals surface area contributed by atoms with Crippen molar-refractivity contribution >= 4 is 28.3 Å². The molecule has 7 heteroatoms. The third kappa shape index (κ3) is 3.07. The third-order valence-electron chi connectivity index (χ3n) is 2.66. The van der Waals surface area contributed by atoms with E-state index in [1.165, 1.54) is 11.3 Å². The minimum absolute atomic E-state index is 0.162. The van der Waals surface area contributed by atoms with E-state index in [0.29, 0.717) is 17.2 Å². The third-order valence-corrected chi connectivity index (χ3v) is 3.38. The summed E-state index contributed by atoms with van der Waals surface area (Å²) in [4.78, 5) is 26.4. The van der Waals surface area contributed by atoms with Gasteiger partial charge in [-0.3, -0.25) is 9.59 Å². The highest BCUT2D eigenvalue weighted by Crippen LogP contribution is 2.18. The largest absolute Gasteiger partial charge is 0.481 e. The van der Waals surface area contributed by atoms with E-state index >= 15 is 0 Å². The van der Waals surface area contributed by atoms with Crippen LogP contribution in [0.1, 0.15) is 12.1 Å². The summed E-state index contributed by atoms with van der Waals surface area (Å²) in [7, 11) is 0. The minimum Gasteiger partial charge on any atom is -0.481 e. The summed E-state index contributed by atoms with van der Waals surface area (Å²) in [5.41, 5.74) is 6.10. The van der Waals surface area contributed by atoms with Crippen LogP contribution in [0.5, 0.6) is 0 Å². The first-order chi connectivity index (χ1) is 8.54. The molecule has 0 fully saturated rings. The summed E-state index contributed by atoms with van der Waals surface area (Å²) in [6, 6.07) is -0.213. The van der Waals surface area contributed by atoms with Gasteiger partial charge in [-0.05, 0) is 6.42 Å². The fraction of sp³-hybridized carbons (Fsp3) is 0.364. The van der Waals surface area contributed by atoms with Crippen molar-refractivity contribution in [3.05, 3.63) is 23.2 Å². The van der Waals surface area contributed by atoms with Crippen LogP contribution in [0.3, 0.4) is 0 Å². The maximum absolute atomic E-state index is 11.7. The quantitative estimate of drug-likeness (QED) is 0.685. The Hall–Kier alpha value is -1.89. The summed E-state index contributed by atoms with van der Waals surface area (Å²) in [5, 5.41) is 13.7. The van der Waals surface area contributed by atoms with Crippen molar-refractivity contribution in [1.29, 1.82) is 0 Å². The molecular formula is C11H13N3O3S. The van der Waals surface area contributed by atoms with Crippen LogP contribution in [-0.4, -0.2) is 28.0 Å². The molecule has 1 aromatic heterocycles. The van der Waals surface area contributed by atoms with Crippen LogP contribution in [0.4, 0.5) is 5.13 Å². The van der Waals surface area contributed by atoms with Crippen molar-refractivity contribution in [1.82, 2.24) is 10.3 Å². The van der Waals surface area contributed by atoms with Gasteiger partial charge in [0.25, 0.3) is 0 Å². The number of carboxylic acids is 1. The van der Waals surface area contributed by atoms with Crippen LogP contribution >= 0.6 is 11.3 Å². The fourth-order valence-corrected chi connectivity index (χ4v) is 2.38. The molecule has 1 aliphatic carbocycles. The number of carboxylic acid groups (broad SMARTS) is 1. The van der Waals surface area contributed by atoms with Gasteiger partial charge in [0.05, 0.1) is 18.0 Å². The lowest BCUT2D eigenvalue weighted by Gasteiger charge is -2.11. The Bertz CT molecular complexity index is 497. The van der Waals surface area contributed by atoms with Gasteiger partial charge in [0.15, 0.2) is 5.13 Å². The highest BCUT2D eigenvalue weighted by atomic mass is 32.1. The minimum atomic E-state index is -0.865. The normalized spacial score (nSPS) is 22.0. The smallest absolute Gasteiger partial charge is 0.310 e. The Kier molecular flexibility index (Phi) is 3.61. The monoisotopic (exact) mass is 267 g/mol. The number of anilines is 1. The Balaban J connectivity index is 1.82. The van der Waals surface area contributed by atoms with Crippen LogP contribution in [-0.2, 0) is 16.0 Å². The maximum atomic E-state index is 11.7.